The second kappa shape index (κ2) is 10.0. The Balaban J connectivity index is 2.17. The van der Waals surface area contributed by atoms with Crippen LogP contribution in [0.1, 0.15) is 46.7 Å². The summed E-state index contributed by atoms with van der Waals surface area (Å²) in [5.41, 5.74) is 2.63. The molecule has 0 saturated carbocycles. The SMILES string of the molecule is CCC(C)OCc1cccc(-c2nn(-c3ccccc3)c(C(=O)OC)c2C(=O)OC)c1. The predicted molar refractivity (Wildman–Crippen MR) is 116 cm³/mol. The molecule has 0 bridgehead atoms. The molecule has 0 amide bonds. The molecule has 0 aliphatic carbocycles. The lowest BCUT2D eigenvalue weighted by atomic mass is 10.0. The number of para-hydroxylation sites is 1. The van der Waals surface area contributed by atoms with Gasteiger partial charge in [0.1, 0.15) is 11.3 Å². The van der Waals surface area contributed by atoms with Crippen molar-refractivity contribution in [1.82, 2.24) is 9.78 Å². The Morgan fingerprint density at radius 3 is 2.35 bits per heavy atom. The van der Waals surface area contributed by atoms with Crippen LogP contribution in [0.3, 0.4) is 0 Å². The number of carbonyl (C=O) groups is 2. The minimum absolute atomic E-state index is 0.0109. The predicted octanol–water partition coefficient (Wildman–Crippen LogP) is 4.43. The smallest absolute Gasteiger partial charge is 0.357 e. The Morgan fingerprint density at radius 1 is 1.00 bits per heavy atom. The van der Waals surface area contributed by atoms with Gasteiger partial charge in [-0.3, -0.25) is 0 Å². The van der Waals surface area contributed by atoms with E-state index in [1.54, 1.807) is 12.1 Å². The zero-order valence-electron chi connectivity index (χ0n) is 18.1. The van der Waals surface area contributed by atoms with Gasteiger partial charge in [0.2, 0.25) is 0 Å². The van der Waals surface area contributed by atoms with Gasteiger partial charge >= 0.3 is 11.9 Å². The lowest BCUT2D eigenvalue weighted by molar-refractivity contribution is 0.0508. The van der Waals surface area contributed by atoms with Gasteiger partial charge in [-0.05, 0) is 37.1 Å². The fourth-order valence-electron chi connectivity index (χ4n) is 3.12. The number of methoxy groups -OCH3 is 2. The van der Waals surface area contributed by atoms with Crippen LogP contribution >= 0.6 is 0 Å². The van der Waals surface area contributed by atoms with Gasteiger partial charge in [-0.1, -0.05) is 43.3 Å². The first-order valence-corrected chi connectivity index (χ1v) is 10.1. The molecule has 3 aromatic rings. The molecule has 162 valence electrons. The van der Waals surface area contributed by atoms with E-state index in [-0.39, 0.29) is 17.4 Å². The van der Waals surface area contributed by atoms with E-state index in [2.05, 4.69) is 12.0 Å². The second-order valence-corrected chi connectivity index (χ2v) is 7.03. The van der Waals surface area contributed by atoms with E-state index in [1.165, 1.54) is 18.9 Å². The van der Waals surface area contributed by atoms with Crippen molar-refractivity contribution in [3.05, 3.63) is 71.4 Å². The third-order valence-electron chi connectivity index (χ3n) is 4.96. The summed E-state index contributed by atoms with van der Waals surface area (Å²) in [6.45, 7) is 4.51. The van der Waals surface area contributed by atoms with Crippen LogP contribution in [0.25, 0.3) is 16.9 Å². The van der Waals surface area contributed by atoms with Gasteiger partial charge in [-0.15, -0.1) is 0 Å². The van der Waals surface area contributed by atoms with Crippen molar-refractivity contribution < 1.29 is 23.8 Å². The van der Waals surface area contributed by atoms with E-state index < -0.39 is 11.9 Å². The van der Waals surface area contributed by atoms with E-state index in [0.29, 0.717) is 23.6 Å². The first-order valence-electron chi connectivity index (χ1n) is 10.1. The topological polar surface area (TPSA) is 79.7 Å². The van der Waals surface area contributed by atoms with E-state index in [4.69, 9.17) is 14.2 Å². The minimum atomic E-state index is -0.681. The molecular formula is C24H26N2O5. The summed E-state index contributed by atoms with van der Waals surface area (Å²) < 4.78 is 17.2. The van der Waals surface area contributed by atoms with Gasteiger partial charge in [-0.25, -0.2) is 14.3 Å². The summed E-state index contributed by atoms with van der Waals surface area (Å²) in [5.74, 6) is -1.35. The zero-order valence-corrected chi connectivity index (χ0v) is 18.1. The fourth-order valence-corrected chi connectivity index (χ4v) is 3.12. The van der Waals surface area contributed by atoms with Crippen LogP contribution in [0.15, 0.2) is 54.6 Å². The number of nitrogens with zero attached hydrogens (tertiary/aromatic N) is 2. The number of hydrogen-bond donors (Lipinski definition) is 0. The van der Waals surface area contributed by atoms with E-state index in [1.807, 2.05) is 49.4 Å². The summed E-state index contributed by atoms with van der Waals surface area (Å²) in [6.07, 6.45) is 1.05. The maximum atomic E-state index is 12.7. The molecule has 0 aliphatic heterocycles. The van der Waals surface area contributed by atoms with Crippen LogP contribution in [-0.4, -0.2) is 42.0 Å². The number of esters is 2. The van der Waals surface area contributed by atoms with Crippen molar-refractivity contribution in [2.24, 2.45) is 0 Å². The summed E-state index contributed by atoms with van der Waals surface area (Å²) >= 11 is 0. The Labute approximate surface area is 181 Å². The molecule has 0 spiro atoms. The normalized spacial score (nSPS) is 11.7. The van der Waals surface area contributed by atoms with Gasteiger partial charge in [0, 0.05) is 5.56 Å². The highest BCUT2D eigenvalue weighted by Crippen LogP contribution is 2.30. The summed E-state index contributed by atoms with van der Waals surface area (Å²) in [6, 6.07) is 16.6. The Hall–Kier alpha value is -3.45. The Morgan fingerprint density at radius 2 is 1.71 bits per heavy atom. The highest BCUT2D eigenvalue weighted by atomic mass is 16.5. The first-order chi connectivity index (χ1) is 15.0. The van der Waals surface area contributed by atoms with Crippen molar-refractivity contribution in [2.75, 3.05) is 14.2 Å². The number of ether oxygens (including phenoxy) is 3. The molecule has 0 aliphatic rings. The van der Waals surface area contributed by atoms with Crippen LogP contribution < -0.4 is 0 Å². The average Bonchev–Trinajstić information content (AvgIpc) is 3.23. The van der Waals surface area contributed by atoms with Crippen molar-refractivity contribution in [1.29, 1.82) is 0 Å². The fraction of sp³-hybridized carbons (Fsp3) is 0.292. The number of aromatic nitrogens is 2. The molecule has 0 saturated heterocycles. The lowest BCUT2D eigenvalue weighted by Gasteiger charge is -2.11. The van der Waals surface area contributed by atoms with Gasteiger partial charge in [0.25, 0.3) is 0 Å². The van der Waals surface area contributed by atoms with Crippen molar-refractivity contribution in [3.8, 4) is 16.9 Å². The maximum absolute atomic E-state index is 12.7. The van der Waals surface area contributed by atoms with Crippen LogP contribution in [0.5, 0.6) is 0 Å². The number of hydrogen-bond acceptors (Lipinski definition) is 6. The molecule has 7 heteroatoms. The molecule has 1 aromatic heterocycles. The quantitative estimate of drug-likeness (QED) is 0.500. The number of benzene rings is 2. The largest absolute Gasteiger partial charge is 0.465 e. The Bertz CT molecular complexity index is 1060. The molecule has 31 heavy (non-hydrogen) atoms. The second-order valence-electron chi connectivity index (χ2n) is 7.03. The van der Waals surface area contributed by atoms with Gasteiger partial charge in [0.15, 0.2) is 5.69 Å². The lowest BCUT2D eigenvalue weighted by Crippen LogP contribution is -2.15. The molecule has 0 radical (unpaired) electrons. The maximum Gasteiger partial charge on any atom is 0.357 e. The summed E-state index contributed by atoms with van der Waals surface area (Å²) in [4.78, 5) is 25.4. The van der Waals surface area contributed by atoms with Crippen LogP contribution in [0, 0.1) is 0 Å². The van der Waals surface area contributed by atoms with E-state index >= 15 is 0 Å². The first kappa shape index (κ1) is 22.2. The average molecular weight is 422 g/mol. The van der Waals surface area contributed by atoms with Crippen molar-refractivity contribution in [3.63, 3.8) is 0 Å². The van der Waals surface area contributed by atoms with Gasteiger partial charge < -0.3 is 14.2 Å². The molecule has 7 nitrogen and oxygen atoms in total. The summed E-state index contributed by atoms with van der Waals surface area (Å²) in [5, 5.41) is 4.62. The Kier molecular flexibility index (Phi) is 7.20. The molecule has 1 unspecified atom stereocenters. The number of carbonyl (C=O) groups excluding carboxylic acids is 2. The highest BCUT2D eigenvalue weighted by molar-refractivity contribution is 6.06. The molecule has 1 heterocycles. The van der Waals surface area contributed by atoms with E-state index in [9.17, 15) is 9.59 Å². The van der Waals surface area contributed by atoms with Crippen molar-refractivity contribution >= 4 is 11.9 Å². The zero-order chi connectivity index (χ0) is 22.4. The monoisotopic (exact) mass is 422 g/mol. The standard InChI is InChI=1S/C24H26N2O5/c1-5-16(2)31-15-17-10-9-11-18(14-17)21-20(23(27)29-3)22(24(28)30-4)26(25-21)19-12-7-6-8-13-19/h6-14,16H,5,15H2,1-4H3. The molecule has 2 aromatic carbocycles. The van der Waals surface area contributed by atoms with Gasteiger partial charge in [0.05, 0.1) is 32.6 Å². The van der Waals surface area contributed by atoms with Gasteiger partial charge in [-0.2, -0.15) is 5.10 Å². The third kappa shape index (κ3) is 4.83. The number of rotatable bonds is 8. The third-order valence-corrected chi connectivity index (χ3v) is 4.96. The molecule has 0 fully saturated rings. The van der Waals surface area contributed by atoms with Crippen LogP contribution in [0.4, 0.5) is 0 Å². The van der Waals surface area contributed by atoms with Crippen LogP contribution in [-0.2, 0) is 20.8 Å². The van der Waals surface area contributed by atoms with Crippen molar-refractivity contribution in [2.45, 2.75) is 33.0 Å². The van der Waals surface area contributed by atoms with E-state index in [0.717, 1.165) is 12.0 Å². The summed E-state index contributed by atoms with van der Waals surface area (Å²) in [7, 11) is 2.53. The highest BCUT2D eigenvalue weighted by Gasteiger charge is 2.31. The molecule has 0 N–H and O–H groups in total. The molecule has 3 rings (SSSR count). The minimum Gasteiger partial charge on any atom is -0.465 e. The molecular weight excluding hydrogens is 396 g/mol. The van der Waals surface area contributed by atoms with Crippen LogP contribution in [0.2, 0.25) is 0 Å². The molecule has 1 atom stereocenters.